The first-order chi connectivity index (χ1) is 9.69. The standard InChI is InChI=1S/C15H22N4O/c1-11(2)18-8-4-5-12(9-18)15-17-16-14-7-6-13(20-3)10-19(14)15/h6-7,10-12H,4-5,8-9H2,1-3H3. The SMILES string of the molecule is COc1ccc2nnc(C3CCCN(C(C)C)C3)n2c1. The summed E-state index contributed by atoms with van der Waals surface area (Å²) in [6.07, 6.45) is 4.39. The van der Waals surface area contributed by atoms with E-state index in [2.05, 4.69) is 33.3 Å². The van der Waals surface area contributed by atoms with E-state index in [4.69, 9.17) is 4.74 Å². The zero-order valence-corrected chi connectivity index (χ0v) is 12.4. The molecule has 1 aliphatic heterocycles. The van der Waals surface area contributed by atoms with Gasteiger partial charge in [0.1, 0.15) is 11.6 Å². The molecule has 2 aromatic heterocycles. The summed E-state index contributed by atoms with van der Waals surface area (Å²) in [5.41, 5.74) is 0.891. The summed E-state index contributed by atoms with van der Waals surface area (Å²) in [5.74, 6) is 2.35. The average Bonchev–Trinajstić information content (AvgIpc) is 2.90. The molecule has 0 aromatic carbocycles. The summed E-state index contributed by atoms with van der Waals surface area (Å²) in [7, 11) is 1.69. The van der Waals surface area contributed by atoms with Crippen molar-refractivity contribution in [2.75, 3.05) is 20.2 Å². The number of hydrogen-bond acceptors (Lipinski definition) is 4. The summed E-state index contributed by atoms with van der Waals surface area (Å²) >= 11 is 0. The highest BCUT2D eigenvalue weighted by molar-refractivity contribution is 5.42. The average molecular weight is 274 g/mol. The van der Waals surface area contributed by atoms with E-state index in [1.54, 1.807) is 7.11 Å². The van der Waals surface area contributed by atoms with Crippen LogP contribution in [0.25, 0.3) is 5.65 Å². The Labute approximate surface area is 119 Å². The number of hydrogen-bond donors (Lipinski definition) is 0. The Hall–Kier alpha value is -1.62. The Balaban J connectivity index is 1.93. The van der Waals surface area contributed by atoms with Crippen LogP contribution in [-0.2, 0) is 0 Å². The summed E-state index contributed by atoms with van der Waals surface area (Å²) in [5, 5.41) is 8.70. The third kappa shape index (κ3) is 2.38. The first-order valence-electron chi connectivity index (χ1n) is 7.31. The van der Waals surface area contributed by atoms with Gasteiger partial charge in [-0.05, 0) is 45.4 Å². The van der Waals surface area contributed by atoms with Crippen LogP contribution in [0.3, 0.4) is 0 Å². The highest BCUT2D eigenvalue weighted by atomic mass is 16.5. The van der Waals surface area contributed by atoms with Crippen molar-refractivity contribution in [3.05, 3.63) is 24.2 Å². The van der Waals surface area contributed by atoms with Crippen molar-refractivity contribution in [1.82, 2.24) is 19.5 Å². The van der Waals surface area contributed by atoms with Crippen LogP contribution in [0.5, 0.6) is 5.75 Å². The molecule has 1 saturated heterocycles. The van der Waals surface area contributed by atoms with Crippen molar-refractivity contribution >= 4 is 5.65 Å². The zero-order chi connectivity index (χ0) is 14.1. The van der Waals surface area contributed by atoms with Crippen LogP contribution in [-0.4, -0.2) is 45.7 Å². The highest BCUT2D eigenvalue weighted by Crippen LogP contribution is 2.27. The molecule has 2 aromatic rings. The Kier molecular flexibility index (Phi) is 3.61. The second-order valence-corrected chi connectivity index (χ2v) is 5.78. The van der Waals surface area contributed by atoms with Crippen molar-refractivity contribution in [3.63, 3.8) is 0 Å². The molecular formula is C15H22N4O. The van der Waals surface area contributed by atoms with Gasteiger partial charge in [-0.25, -0.2) is 0 Å². The van der Waals surface area contributed by atoms with Crippen LogP contribution in [0.15, 0.2) is 18.3 Å². The van der Waals surface area contributed by atoms with Crippen molar-refractivity contribution in [3.8, 4) is 5.75 Å². The van der Waals surface area contributed by atoms with Gasteiger partial charge in [0.25, 0.3) is 0 Å². The van der Waals surface area contributed by atoms with Crippen LogP contribution in [0.1, 0.15) is 38.4 Å². The van der Waals surface area contributed by atoms with Gasteiger partial charge in [-0.3, -0.25) is 4.40 Å². The summed E-state index contributed by atoms with van der Waals surface area (Å²) in [4.78, 5) is 2.52. The molecule has 5 heteroatoms. The Bertz CT molecular complexity index is 593. The molecule has 1 fully saturated rings. The molecule has 1 atom stereocenters. The summed E-state index contributed by atoms with van der Waals surface area (Å²) in [6.45, 7) is 6.77. The fourth-order valence-electron chi connectivity index (χ4n) is 2.97. The molecule has 5 nitrogen and oxygen atoms in total. The zero-order valence-electron chi connectivity index (χ0n) is 12.4. The van der Waals surface area contributed by atoms with Crippen molar-refractivity contribution in [2.45, 2.75) is 38.6 Å². The van der Waals surface area contributed by atoms with Crippen LogP contribution in [0.2, 0.25) is 0 Å². The monoisotopic (exact) mass is 274 g/mol. The highest BCUT2D eigenvalue weighted by Gasteiger charge is 2.26. The Morgan fingerprint density at radius 3 is 2.90 bits per heavy atom. The predicted molar refractivity (Wildman–Crippen MR) is 78.2 cm³/mol. The van der Waals surface area contributed by atoms with Crippen molar-refractivity contribution in [1.29, 1.82) is 0 Å². The first kappa shape index (κ1) is 13.4. The van der Waals surface area contributed by atoms with Crippen molar-refractivity contribution < 1.29 is 4.74 Å². The largest absolute Gasteiger partial charge is 0.495 e. The van der Waals surface area contributed by atoms with Gasteiger partial charge in [0, 0.05) is 18.5 Å². The second-order valence-electron chi connectivity index (χ2n) is 5.78. The number of fused-ring (bicyclic) bond motifs is 1. The summed E-state index contributed by atoms with van der Waals surface area (Å²) in [6, 6.07) is 4.47. The van der Waals surface area contributed by atoms with Crippen LogP contribution >= 0.6 is 0 Å². The third-order valence-electron chi connectivity index (χ3n) is 4.19. The van der Waals surface area contributed by atoms with Crippen molar-refractivity contribution in [2.24, 2.45) is 0 Å². The van der Waals surface area contributed by atoms with Gasteiger partial charge in [0.05, 0.1) is 13.3 Å². The topological polar surface area (TPSA) is 42.7 Å². The molecule has 0 bridgehead atoms. The molecule has 3 rings (SSSR count). The lowest BCUT2D eigenvalue weighted by atomic mass is 9.96. The predicted octanol–water partition coefficient (Wildman–Crippen LogP) is 2.33. The van der Waals surface area contributed by atoms with E-state index in [1.807, 2.05) is 18.3 Å². The first-order valence-corrected chi connectivity index (χ1v) is 7.31. The molecular weight excluding hydrogens is 252 g/mol. The van der Waals surface area contributed by atoms with Gasteiger partial charge in [-0.2, -0.15) is 0 Å². The van der Waals surface area contributed by atoms with Gasteiger partial charge in [-0.15, -0.1) is 10.2 Å². The fraction of sp³-hybridized carbons (Fsp3) is 0.600. The smallest absolute Gasteiger partial charge is 0.161 e. The maximum atomic E-state index is 5.31. The number of piperidine rings is 1. The Morgan fingerprint density at radius 2 is 2.15 bits per heavy atom. The van der Waals surface area contributed by atoms with Gasteiger partial charge in [0.15, 0.2) is 5.65 Å². The molecule has 108 valence electrons. The normalized spacial score (nSPS) is 20.7. The minimum atomic E-state index is 0.452. The number of ether oxygens (including phenoxy) is 1. The molecule has 0 aliphatic carbocycles. The van der Waals surface area contributed by atoms with Crippen LogP contribution in [0.4, 0.5) is 0 Å². The minimum absolute atomic E-state index is 0.452. The van der Waals surface area contributed by atoms with E-state index >= 15 is 0 Å². The maximum Gasteiger partial charge on any atom is 0.161 e. The number of aromatic nitrogens is 3. The second kappa shape index (κ2) is 5.40. The van der Waals surface area contributed by atoms with E-state index in [-0.39, 0.29) is 0 Å². The van der Waals surface area contributed by atoms with Crippen LogP contribution in [0, 0.1) is 0 Å². The number of pyridine rings is 1. The maximum absolute atomic E-state index is 5.31. The number of rotatable bonds is 3. The number of methoxy groups -OCH3 is 1. The molecule has 0 amide bonds. The van der Waals surface area contributed by atoms with Gasteiger partial charge < -0.3 is 9.64 Å². The quantitative estimate of drug-likeness (QED) is 0.861. The molecule has 0 saturated carbocycles. The number of nitrogens with zero attached hydrogens (tertiary/aromatic N) is 4. The molecule has 20 heavy (non-hydrogen) atoms. The molecule has 0 radical (unpaired) electrons. The van der Waals surface area contributed by atoms with E-state index in [0.29, 0.717) is 12.0 Å². The number of likely N-dealkylation sites (tertiary alicyclic amines) is 1. The Morgan fingerprint density at radius 1 is 1.30 bits per heavy atom. The van der Waals surface area contributed by atoms with Gasteiger partial charge >= 0.3 is 0 Å². The minimum Gasteiger partial charge on any atom is -0.495 e. The lowest BCUT2D eigenvalue weighted by Gasteiger charge is -2.34. The van der Waals surface area contributed by atoms with E-state index in [9.17, 15) is 0 Å². The molecule has 0 N–H and O–H groups in total. The molecule has 1 unspecified atom stereocenters. The van der Waals surface area contributed by atoms with E-state index in [1.165, 1.54) is 19.4 Å². The lowest BCUT2D eigenvalue weighted by molar-refractivity contribution is 0.164. The third-order valence-corrected chi connectivity index (χ3v) is 4.19. The fourth-order valence-corrected chi connectivity index (χ4v) is 2.97. The van der Waals surface area contributed by atoms with Gasteiger partial charge in [0.2, 0.25) is 0 Å². The molecule has 0 spiro atoms. The van der Waals surface area contributed by atoms with E-state index in [0.717, 1.165) is 23.8 Å². The summed E-state index contributed by atoms with van der Waals surface area (Å²) < 4.78 is 7.38. The molecule has 3 heterocycles. The van der Waals surface area contributed by atoms with Gasteiger partial charge in [-0.1, -0.05) is 0 Å². The molecule has 1 aliphatic rings. The van der Waals surface area contributed by atoms with Crippen LogP contribution < -0.4 is 4.74 Å². The lowest BCUT2D eigenvalue weighted by Crippen LogP contribution is -2.39. The van der Waals surface area contributed by atoms with E-state index < -0.39 is 0 Å².